The summed E-state index contributed by atoms with van der Waals surface area (Å²) in [5.41, 5.74) is 1.03. The lowest BCUT2D eigenvalue weighted by Crippen LogP contribution is -1.94. The van der Waals surface area contributed by atoms with Crippen LogP contribution in [0.15, 0.2) is 12.3 Å². The molecule has 0 aromatic carbocycles. The van der Waals surface area contributed by atoms with Crippen LogP contribution >= 0.6 is 0 Å². The molecule has 0 atom stereocenters. The number of nitrogens with zero attached hydrogens (tertiary/aromatic N) is 1. The van der Waals surface area contributed by atoms with E-state index in [1.54, 1.807) is 20.4 Å². The van der Waals surface area contributed by atoms with Crippen molar-refractivity contribution in [1.29, 1.82) is 0 Å². The molecule has 1 heterocycles. The molecule has 0 aliphatic carbocycles. The Kier molecular flexibility index (Phi) is 5.68. The summed E-state index contributed by atoms with van der Waals surface area (Å²) in [6.45, 7) is 5.95. The molecule has 13 heavy (non-hydrogen) atoms. The Hall–Kier alpha value is -1.25. The Bertz CT molecular complexity index is 249. The Labute approximate surface area is 79.7 Å². The van der Waals surface area contributed by atoms with E-state index in [1.165, 1.54) is 0 Å². The first kappa shape index (κ1) is 11.8. The third kappa shape index (κ3) is 2.93. The zero-order valence-corrected chi connectivity index (χ0v) is 8.92. The number of aromatic nitrogens is 1. The molecule has 0 saturated heterocycles. The van der Waals surface area contributed by atoms with Gasteiger partial charge in [0, 0.05) is 6.20 Å². The van der Waals surface area contributed by atoms with Gasteiger partial charge in [-0.15, -0.1) is 0 Å². The first-order chi connectivity index (χ1) is 6.29. The number of hydrogen-bond donors (Lipinski definition) is 0. The highest BCUT2D eigenvalue weighted by molar-refractivity contribution is 5.40. The molecule has 1 aromatic rings. The molecule has 74 valence electrons. The Morgan fingerprint density at radius 2 is 1.77 bits per heavy atom. The maximum absolute atomic E-state index is 5.08. The molecule has 1 rings (SSSR count). The molecule has 3 heteroatoms. The quantitative estimate of drug-likeness (QED) is 0.705. The Balaban J connectivity index is 0.000000671. The number of hydrogen-bond acceptors (Lipinski definition) is 3. The number of ether oxygens (including phenoxy) is 2. The Morgan fingerprint density at radius 3 is 2.15 bits per heavy atom. The molecule has 3 nitrogen and oxygen atoms in total. The third-order valence-electron chi connectivity index (χ3n) is 1.47. The van der Waals surface area contributed by atoms with Crippen LogP contribution in [-0.4, -0.2) is 19.2 Å². The molecule has 1 aromatic heterocycles. The summed E-state index contributed by atoms with van der Waals surface area (Å²) in [5, 5.41) is 0. The fourth-order valence-electron chi connectivity index (χ4n) is 0.913. The maximum atomic E-state index is 5.08. The van der Waals surface area contributed by atoms with Crippen LogP contribution in [0.5, 0.6) is 11.6 Å². The summed E-state index contributed by atoms with van der Waals surface area (Å²) in [7, 11) is 3.18. The van der Waals surface area contributed by atoms with Gasteiger partial charge in [-0.1, -0.05) is 13.8 Å². The average Bonchev–Trinajstić information content (AvgIpc) is 2.20. The molecule has 0 saturated carbocycles. The maximum Gasteiger partial charge on any atom is 0.256 e. The highest BCUT2D eigenvalue weighted by Gasteiger charge is 2.05. The van der Waals surface area contributed by atoms with E-state index in [4.69, 9.17) is 9.47 Å². The lowest BCUT2D eigenvalue weighted by atomic mass is 10.3. The minimum Gasteiger partial charge on any atom is -0.491 e. The topological polar surface area (TPSA) is 31.4 Å². The fraction of sp³-hybridized carbons (Fsp3) is 0.500. The van der Waals surface area contributed by atoms with E-state index in [9.17, 15) is 0 Å². The van der Waals surface area contributed by atoms with Crippen LogP contribution in [-0.2, 0) is 0 Å². The summed E-state index contributed by atoms with van der Waals surface area (Å²) < 4.78 is 10.1. The van der Waals surface area contributed by atoms with Gasteiger partial charge in [0.1, 0.15) is 0 Å². The number of aryl methyl sites for hydroxylation is 1. The van der Waals surface area contributed by atoms with Gasteiger partial charge in [0.25, 0.3) is 5.88 Å². The van der Waals surface area contributed by atoms with Gasteiger partial charge < -0.3 is 9.47 Å². The zero-order chi connectivity index (χ0) is 10.3. The zero-order valence-electron chi connectivity index (χ0n) is 8.92. The summed E-state index contributed by atoms with van der Waals surface area (Å²) in [6, 6.07) is 1.88. The smallest absolute Gasteiger partial charge is 0.256 e. The number of rotatable bonds is 2. The minimum atomic E-state index is 0.535. The molecule has 0 aliphatic heterocycles. The van der Waals surface area contributed by atoms with Gasteiger partial charge in [-0.2, -0.15) is 0 Å². The van der Waals surface area contributed by atoms with Crippen LogP contribution in [0.1, 0.15) is 19.4 Å². The van der Waals surface area contributed by atoms with E-state index in [1.807, 2.05) is 26.8 Å². The van der Waals surface area contributed by atoms with Crippen molar-refractivity contribution in [1.82, 2.24) is 4.98 Å². The van der Waals surface area contributed by atoms with Crippen LogP contribution in [0.4, 0.5) is 0 Å². The number of methoxy groups -OCH3 is 2. The van der Waals surface area contributed by atoms with Crippen LogP contribution in [0.3, 0.4) is 0 Å². The van der Waals surface area contributed by atoms with Gasteiger partial charge in [0.2, 0.25) is 0 Å². The third-order valence-corrected chi connectivity index (χ3v) is 1.47. The molecule has 0 aliphatic rings. The summed E-state index contributed by atoms with van der Waals surface area (Å²) in [4.78, 5) is 3.98. The van der Waals surface area contributed by atoms with Crippen molar-refractivity contribution in [2.24, 2.45) is 0 Å². The van der Waals surface area contributed by atoms with Crippen LogP contribution in [0, 0.1) is 6.92 Å². The highest BCUT2D eigenvalue weighted by atomic mass is 16.5. The molecule has 0 spiro atoms. The van der Waals surface area contributed by atoms with E-state index >= 15 is 0 Å². The van der Waals surface area contributed by atoms with Crippen molar-refractivity contribution in [3.63, 3.8) is 0 Å². The normalized spacial score (nSPS) is 8.38. The van der Waals surface area contributed by atoms with Gasteiger partial charge in [0.15, 0.2) is 5.75 Å². The van der Waals surface area contributed by atoms with E-state index in [0.29, 0.717) is 11.6 Å². The molecule has 0 N–H and O–H groups in total. The fourth-order valence-corrected chi connectivity index (χ4v) is 0.913. The second kappa shape index (κ2) is 6.29. The lowest BCUT2D eigenvalue weighted by Gasteiger charge is -2.07. The molecule has 0 radical (unpaired) electrons. The lowest BCUT2D eigenvalue weighted by molar-refractivity contribution is 0.341. The van der Waals surface area contributed by atoms with Crippen LogP contribution in [0.2, 0.25) is 0 Å². The van der Waals surface area contributed by atoms with Crippen LogP contribution < -0.4 is 9.47 Å². The van der Waals surface area contributed by atoms with E-state index in [-0.39, 0.29) is 0 Å². The van der Waals surface area contributed by atoms with Crippen molar-refractivity contribution >= 4 is 0 Å². The Morgan fingerprint density at radius 1 is 1.15 bits per heavy atom. The van der Waals surface area contributed by atoms with Crippen molar-refractivity contribution in [2.75, 3.05) is 14.2 Å². The second-order valence-electron chi connectivity index (χ2n) is 2.17. The second-order valence-corrected chi connectivity index (χ2v) is 2.17. The van der Waals surface area contributed by atoms with Crippen molar-refractivity contribution in [2.45, 2.75) is 20.8 Å². The number of pyridine rings is 1. The van der Waals surface area contributed by atoms with Crippen molar-refractivity contribution in [3.8, 4) is 11.6 Å². The molecule has 0 fully saturated rings. The van der Waals surface area contributed by atoms with E-state index in [0.717, 1.165) is 5.56 Å². The summed E-state index contributed by atoms with van der Waals surface area (Å²) >= 11 is 0. The monoisotopic (exact) mass is 183 g/mol. The molecule has 0 bridgehead atoms. The van der Waals surface area contributed by atoms with E-state index in [2.05, 4.69) is 4.98 Å². The van der Waals surface area contributed by atoms with Crippen molar-refractivity contribution in [3.05, 3.63) is 17.8 Å². The van der Waals surface area contributed by atoms with Crippen molar-refractivity contribution < 1.29 is 9.47 Å². The predicted molar refractivity (Wildman–Crippen MR) is 53.4 cm³/mol. The molecular weight excluding hydrogens is 166 g/mol. The highest BCUT2D eigenvalue weighted by Crippen LogP contribution is 2.26. The molecule has 0 unspecified atom stereocenters. The minimum absolute atomic E-state index is 0.535. The molecule has 0 amide bonds. The average molecular weight is 183 g/mol. The largest absolute Gasteiger partial charge is 0.491 e. The van der Waals surface area contributed by atoms with Crippen LogP contribution in [0.25, 0.3) is 0 Å². The van der Waals surface area contributed by atoms with Gasteiger partial charge >= 0.3 is 0 Å². The summed E-state index contributed by atoms with van der Waals surface area (Å²) in [5.74, 6) is 1.24. The predicted octanol–water partition coefficient (Wildman–Crippen LogP) is 2.43. The van der Waals surface area contributed by atoms with Gasteiger partial charge in [-0.05, 0) is 18.6 Å². The van der Waals surface area contributed by atoms with Gasteiger partial charge in [-0.3, -0.25) is 0 Å². The summed E-state index contributed by atoms with van der Waals surface area (Å²) in [6.07, 6.45) is 1.69. The molecular formula is C10H17NO2. The first-order valence-electron chi connectivity index (χ1n) is 4.33. The SMILES string of the molecule is CC.COc1nccc(C)c1OC. The van der Waals surface area contributed by atoms with E-state index < -0.39 is 0 Å². The standard InChI is InChI=1S/C8H11NO2.C2H6/c1-6-4-5-9-8(11-3)7(6)10-2;1-2/h4-5H,1-3H3;1-2H3. The first-order valence-corrected chi connectivity index (χ1v) is 4.33. The van der Waals surface area contributed by atoms with Gasteiger partial charge in [-0.25, -0.2) is 4.98 Å². The van der Waals surface area contributed by atoms with Gasteiger partial charge in [0.05, 0.1) is 14.2 Å².